The number of benzene rings is 1. The maximum absolute atomic E-state index is 11.8. The number of ether oxygens (including phenoxy) is 1. The van der Waals surface area contributed by atoms with Crippen LogP contribution in [0.15, 0.2) is 29.2 Å². The molecule has 0 fully saturated rings. The highest BCUT2D eigenvalue weighted by molar-refractivity contribution is 8.00. The molecule has 0 saturated carbocycles. The number of thioether (sulfide) groups is 1. The van der Waals surface area contributed by atoms with Gasteiger partial charge in [0.05, 0.1) is 12.2 Å². The second-order valence-electron chi connectivity index (χ2n) is 3.98. The third-order valence-corrected chi connectivity index (χ3v) is 3.74. The van der Waals surface area contributed by atoms with Crippen LogP contribution in [0, 0.1) is 0 Å². The molecule has 0 bridgehead atoms. The molecule has 0 amide bonds. The molecule has 1 unspecified atom stereocenters. The van der Waals surface area contributed by atoms with E-state index < -0.39 is 5.97 Å². The van der Waals surface area contributed by atoms with E-state index in [2.05, 4.69) is 0 Å². The smallest absolute Gasteiger partial charge is 0.335 e. The van der Waals surface area contributed by atoms with E-state index in [1.807, 2.05) is 6.92 Å². The average Bonchev–Trinajstić information content (AvgIpc) is 2.39. The topological polar surface area (TPSA) is 63.6 Å². The van der Waals surface area contributed by atoms with Crippen molar-refractivity contribution in [2.75, 3.05) is 6.61 Å². The van der Waals surface area contributed by atoms with Gasteiger partial charge in [0.25, 0.3) is 0 Å². The van der Waals surface area contributed by atoms with Gasteiger partial charge in [-0.1, -0.05) is 13.3 Å². The Balaban J connectivity index is 2.73. The van der Waals surface area contributed by atoms with Gasteiger partial charge in [-0.25, -0.2) is 4.79 Å². The summed E-state index contributed by atoms with van der Waals surface area (Å²) in [6, 6.07) is 6.52. The number of carboxylic acid groups (broad SMARTS) is 1. The van der Waals surface area contributed by atoms with E-state index >= 15 is 0 Å². The zero-order chi connectivity index (χ0) is 14.3. The minimum atomic E-state index is -0.952. The largest absolute Gasteiger partial charge is 0.478 e. The minimum absolute atomic E-state index is 0.211. The average molecular weight is 282 g/mol. The molecular weight excluding hydrogens is 264 g/mol. The molecule has 1 N–H and O–H groups in total. The second-order valence-corrected chi connectivity index (χ2v) is 5.25. The summed E-state index contributed by atoms with van der Waals surface area (Å²) in [6.07, 6.45) is 1.63. The first-order valence-electron chi connectivity index (χ1n) is 6.25. The van der Waals surface area contributed by atoms with Gasteiger partial charge in [0, 0.05) is 4.90 Å². The van der Waals surface area contributed by atoms with Crippen LogP contribution in [0.25, 0.3) is 0 Å². The second kappa shape index (κ2) is 7.84. The van der Waals surface area contributed by atoms with Crippen LogP contribution in [0.5, 0.6) is 0 Å². The Labute approximate surface area is 117 Å². The molecular formula is C14H18O4S. The van der Waals surface area contributed by atoms with Crippen molar-refractivity contribution in [1.82, 2.24) is 0 Å². The van der Waals surface area contributed by atoms with Crippen molar-refractivity contribution in [3.63, 3.8) is 0 Å². The number of carboxylic acids is 1. The third-order valence-electron chi connectivity index (χ3n) is 2.48. The molecule has 0 saturated heterocycles. The number of rotatable bonds is 7. The van der Waals surface area contributed by atoms with E-state index in [0.29, 0.717) is 6.61 Å². The van der Waals surface area contributed by atoms with Crippen LogP contribution in [-0.2, 0) is 9.53 Å². The standard InChI is InChI=1S/C14H18O4S/c1-3-5-12(14(17)18-4-2)19-11-8-6-10(7-9-11)13(15)16/h6-9,12H,3-5H2,1-2H3,(H,15,16). The molecule has 0 spiro atoms. The number of aromatic carboxylic acids is 1. The van der Waals surface area contributed by atoms with E-state index in [-0.39, 0.29) is 16.8 Å². The van der Waals surface area contributed by atoms with Gasteiger partial charge in [-0.3, -0.25) is 4.79 Å². The van der Waals surface area contributed by atoms with Crippen molar-refractivity contribution in [2.45, 2.75) is 36.8 Å². The Morgan fingerprint density at radius 2 is 1.89 bits per heavy atom. The monoisotopic (exact) mass is 282 g/mol. The van der Waals surface area contributed by atoms with Crippen LogP contribution < -0.4 is 0 Å². The zero-order valence-corrected chi connectivity index (χ0v) is 11.9. The lowest BCUT2D eigenvalue weighted by Gasteiger charge is -2.14. The van der Waals surface area contributed by atoms with Crippen LogP contribution in [0.3, 0.4) is 0 Å². The van der Waals surface area contributed by atoms with Gasteiger partial charge >= 0.3 is 11.9 Å². The number of hydrogen-bond acceptors (Lipinski definition) is 4. The SMILES string of the molecule is CCCC(Sc1ccc(C(=O)O)cc1)C(=O)OCC. The number of esters is 1. The maximum Gasteiger partial charge on any atom is 0.335 e. The first kappa shape index (κ1) is 15.6. The normalized spacial score (nSPS) is 11.9. The summed E-state index contributed by atoms with van der Waals surface area (Å²) in [5.41, 5.74) is 0.243. The fraction of sp³-hybridized carbons (Fsp3) is 0.429. The lowest BCUT2D eigenvalue weighted by molar-refractivity contribution is -0.142. The van der Waals surface area contributed by atoms with Gasteiger partial charge in [-0.15, -0.1) is 11.8 Å². The Bertz CT molecular complexity index is 428. The zero-order valence-electron chi connectivity index (χ0n) is 11.1. The first-order valence-corrected chi connectivity index (χ1v) is 7.13. The highest BCUT2D eigenvalue weighted by Gasteiger charge is 2.20. The molecule has 0 aromatic heterocycles. The molecule has 0 aliphatic heterocycles. The predicted molar refractivity (Wildman–Crippen MR) is 74.6 cm³/mol. The third kappa shape index (κ3) is 4.95. The summed E-state index contributed by atoms with van der Waals surface area (Å²) in [5.74, 6) is -1.16. The van der Waals surface area contributed by atoms with E-state index in [9.17, 15) is 9.59 Å². The van der Waals surface area contributed by atoms with Gasteiger partial charge in [0.15, 0.2) is 0 Å². The number of hydrogen-bond donors (Lipinski definition) is 1. The highest BCUT2D eigenvalue weighted by atomic mass is 32.2. The molecule has 1 rings (SSSR count). The summed E-state index contributed by atoms with van der Waals surface area (Å²) >= 11 is 1.41. The fourth-order valence-electron chi connectivity index (χ4n) is 1.56. The van der Waals surface area contributed by atoms with E-state index in [4.69, 9.17) is 9.84 Å². The van der Waals surface area contributed by atoms with Gasteiger partial charge in [0.2, 0.25) is 0 Å². The summed E-state index contributed by atoms with van der Waals surface area (Å²) in [5, 5.41) is 8.58. The fourth-order valence-corrected chi connectivity index (χ4v) is 2.70. The summed E-state index contributed by atoms with van der Waals surface area (Å²) in [4.78, 5) is 23.4. The lowest BCUT2D eigenvalue weighted by atomic mass is 10.2. The maximum atomic E-state index is 11.8. The van der Waals surface area contributed by atoms with Gasteiger partial charge < -0.3 is 9.84 Å². The molecule has 1 aromatic rings. The van der Waals surface area contributed by atoms with Crippen molar-refractivity contribution >= 4 is 23.7 Å². The summed E-state index contributed by atoms with van der Waals surface area (Å²) in [7, 11) is 0. The first-order chi connectivity index (χ1) is 9.08. The van der Waals surface area contributed by atoms with Crippen LogP contribution >= 0.6 is 11.8 Å². The molecule has 1 aromatic carbocycles. The van der Waals surface area contributed by atoms with Crippen molar-refractivity contribution in [2.24, 2.45) is 0 Å². The molecule has 104 valence electrons. The van der Waals surface area contributed by atoms with Crippen LogP contribution in [0.4, 0.5) is 0 Å². The number of carbonyl (C=O) groups excluding carboxylic acids is 1. The Morgan fingerprint density at radius 3 is 2.37 bits per heavy atom. The molecule has 0 radical (unpaired) electrons. The lowest BCUT2D eigenvalue weighted by Crippen LogP contribution is -2.20. The highest BCUT2D eigenvalue weighted by Crippen LogP contribution is 2.27. The van der Waals surface area contributed by atoms with E-state index in [1.165, 1.54) is 11.8 Å². The van der Waals surface area contributed by atoms with E-state index in [0.717, 1.165) is 17.7 Å². The van der Waals surface area contributed by atoms with E-state index in [1.54, 1.807) is 31.2 Å². The molecule has 5 heteroatoms. The number of carbonyl (C=O) groups is 2. The van der Waals surface area contributed by atoms with Crippen molar-refractivity contribution in [3.05, 3.63) is 29.8 Å². The Hall–Kier alpha value is -1.49. The summed E-state index contributed by atoms with van der Waals surface area (Å²) in [6.45, 7) is 4.17. The van der Waals surface area contributed by atoms with Crippen LogP contribution in [0.2, 0.25) is 0 Å². The molecule has 1 atom stereocenters. The molecule has 19 heavy (non-hydrogen) atoms. The predicted octanol–water partition coefficient (Wildman–Crippen LogP) is 3.21. The summed E-state index contributed by atoms with van der Waals surface area (Å²) < 4.78 is 5.04. The minimum Gasteiger partial charge on any atom is -0.478 e. The molecule has 4 nitrogen and oxygen atoms in total. The van der Waals surface area contributed by atoms with Gasteiger partial charge in [-0.05, 0) is 37.6 Å². The molecule has 0 heterocycles. The van der Waals surface area contributed by atoms with Gasteiger partial charge in [0.1, 0.15) is 5.25 Å². The van der Waals surface area contributed by atoms with Crippen molar-refractivity contribution in [1.29, 1.82) is 0 Å². The quantitative estimate of drug-likeness (QED) is 0.614. The molecule has 0 aliphatic rings. The Kier molecular flexibility index (Phi) is 6.42. The Morgan fingerprint density at radius 1 is 1.26 bits per heavy atom. The van der Waals surface area contributed by atoms with Crippen LogP contribution in [0.1, 0.15) is 37.0 Å². The van der Waals surface area contributed by atoms with Crippen LogP contribution in [-0.4, -0.2) is 28.9 Å². The van der Waals surface area contributed by atoms with Crippen molar-refractivity contribution in [3.8, 4) is 0 Å². The molecule has 0 aliphatic carbocycles. The van der Waals surface area contributed by atoms with Crippen molar-refractivity contribution < 1.29 is 19.4 Å². The van der Waals surface area contributed by atoms with Gasteiger partial charge in [-0.2, -0.15) is 0 Å².